The third kappa shape index (κ3) is 3.48. The van der Waals surface area contributed by atoms with Crippen LogP contribution in [0.4, 0.5) is 5.69 Å². The van der Waals surface area contributed by atoms with E-state index >= 15 is 0 Å². The van der Waals surface area contributed by atoms with Gasteiger partial charge in [0.1, 0.15) is 11.6 Å². The number of fused-ring (bicyclic) bond motifs is 1. The summed E-state index contributed by atoms with van der Waals surface area (Å²) < 4.78 is 6.98. The van der Waals surface area contributed by atoms with E-state index in [0.717, 1.165) is 17.2 Å². The molecule has 0 bridgehead atoms. The van der Waals surface area contributed by atoms with Crippen LogP contribution >= 0.6 is 11.8 Å². The summed E-state index contributed by atoms with van der Waals surface area (Å²) in [6.45, 7) is 3.81. The fourth-order valence-electron chi connectivity index (χ4n) is 2.32. The highest BCUT2D eigenvalue weighted by Gasteiger charge is 2.12. The van der Waals surface area contributed by atoms with Gasteiger partial charge >= 0.3 is 0 Å². The summed E-state index contributed by atoms with van der Waals surface area (Å²) >= 11 is 1.32. The molecule has 1 N–H and O–H groups in total. The summed E-state index contributed by atoms with van der Waals surface area (Å²) in [5, 5.41) is 11.8. The number of anilines is 1. The fourth-order valence-corrected chi connectivity index (χ4v) is 3.11. The van der Waals surface area contributed by atoms with Crippen LogP contribution in [0.15, 0.2) is 35.5 Å². The van der Waals surface area contributed by atoms with Gasteiger partial charge in [0.25, 0.3) is 0 Å². The van der Waals surface area contributed by atoms with Crippen LogP contribution in [0.3, 0.4) is 0 Å². The molecule has 0 atom stereocenters. The first-order valence-electron chi connectivity index (χ1n) is 7.33. The van der Waals surface area contributed by atoms with Gasteiger partial charge in [-0.1, -0.05) is 17.8 Å². The van der Waals surface area contributed by atoms with Crippen LogP contribution in [-0.2, 0) is 4.79 Å². The summed E-state index contributed by atoms with van der Waals surface area (Å²) in [6.07, 6.45) is 0. The lowest BCUT2D eigenvalue weighted by atomic mass is 10.3. The van der Waals surface area contributed by atoms with E-state index in [9.17, 15) is 4.79 Å². The molecule has 0 radical (unpaired) electrons. The molecule has 2 heterocycles. The van der Waals surface area contributed by atoms with Gasteiger partial charge < -0.3 is 10.1 Å². The monoisotopic (exact) mass is 343 g/mol. The maximum atomic E-state index is 12.1. The van der Waals surface area contributed by atoms with E-state index in [1.165, 1.54) is 11.8 Å². The van der Waals surface area contributed by atoms with E-state index in [1.807, 2.05) is 42.5 Å². The number of hydrogen-bond acceptors (Lipinski definition) is 6. The molecule has 24 heavy (non-hydrogen) atoms. The summed E-state index contributed by atoms with van der Waals surface area (Å²) in [7, 11) is 1.59. The molecule has 8 heteroatoms. The van der Waals surface area contributed by atoms with Crippen molar-refractivity contribution in [2.75, 3.05) is 18.2 Å². The van der Waals surface area contributed by atoms with Gasteiger partial charge in [0, 0.05) is 23.5 Å². The van der Waals surface area contributed by atoms with Crippen molar-refractivity contribution in [2.24, 2.45) is 0 Å². The van der Waals surface area contributed by atoms with Crippen LogP contribution in [-0.4, -0.2) is 38.4 Å². The molecule has 2 aromatic heterocycles. The molecule has 1 aromatic carbocycles. The van der Waals surface area contributed by atoms with Crippen molar-refractivity contribution < 1.29 is 9.53 Å². The third-order valence-electron chi connectivity index (χ3n) is 3.34. The van der Waals surface area contributed by atoms with Crippen molar-refractivity contribution >= 4 is 29.0 Å². The zero-order valence-electron chi connectivity index (χ0n) is 13.6. The quantitative estimate of drug-likeness (QED) is 0.717. The maximum absolute atomic E-state index is 12.1. The number of aryl methyl sites for hydroxylation is 2. The largest absolute Gasteiger partial charge is 0.497 e. The molecular weight excluding hydrogens is 326 g/mol. The second-order valence-corrected chi connectivity index (χ2v) is 6.13. The Morgan fingerprint density at radius 1 is 1.29 bits per heavy atom. The molecule has 3 rings (SSSR count). The van der Waals surface area contributed by atoms with E-state index in [1.54, 1.807) is 13.2 Å². The number of benzene rings is 1. The molecule has 0 spiro atoms. The summed E-state index contributed by atoms with van der Waals surface area (Å²) in [6, 6.07) is 9.09. The molecule has 0 fully saturated rings. The summed E-state index contributed by atoms with van der Waals surface area (Å²) in [5.41, 5.74) is 2.31. The van der Waals surface area contributed by atoms with Crippen LogP contribution in [0.5, 0.6) is 5.75 Å². The number of methoxy groups -OCH3 is 1. The van der Waals surface area contributed by atoms with E-state index in [0.29, 0.717) is 16.6 Å². The Balaban J connectivity index is 1.68. The number of carbonyl (C=O) groups is 1. The number of aromatic nitrogens is 4. The van der Waals surface area contributed by atoms with Crippen molar-refractivity contribution in [3.8, 4) is 5.75 Å². The first kappa shape index (κ1) is 16.3. The standard InChI is InChI=1S/C16H17N5O2S/c1-10-7-14-19-20-16(21(14)11(2)17-10)24-9-15(22)18-12-5-4-6-13(8-12)23-3/h4-8H,9H2,1-3H3,(H,18,22). The number of thioether (sulfide) groups is 1. The van der Waals surface area contributed by atoms with Gasteiger partial charge in [0.15, 0.2) is 10.8 Å². The van der Waals surface area contributed by atoms with Crippen molar-refractivity contribution in [3.05, 3.63) is 41.9 Å². The number of nitrogens with zero attached hydrogens (tertiary/aromatic N) is 4. The van der Waals surface area contributed by atoms with E-state index in [-0.39, 0.29) is 11.7 Å². The predicted molar refractivity (Wildman–Crippen MR) is 92.6 cm³/mol. The van der Waals surface area contributed by atoms with Gasteiger partial charge in [-0.3, -0.25) is 9.20 Å². The number of ether oxygens (including phenoxy) is 1. The molecule has 124 valence electrons. The van der Waals surface area contributed by atoms with Crippen molar-refractivity contribution in [1.82, 2.24) is 19.6 Å². The van der Waals surface area contributed by atoms with Gasteiger partial charge in [0.05, 0.1) is 12.9 Å². The molecule has 0 aliphatic carbocycles. The number of rotatable bonds is 5. The van der Waals surface area contributed by atoms with Crippen LogP contribution in [0, 0.1) is 13.8 Å². The second-order valence-electron chi connectivity index (χ2n) is 5.19. The molecule has 7 nitrogen and oxygen atoms in total. The van der Waals surface area contributed by atoms with Crippen molar-refractivity contribution in [2.45, 2.75) is 19.0 Å². The normalized spacial score (nSPS) is 10.8. The Morgan fingerprint density at radius 3 is 2.92 bits per heavy atom. The van der Waals surface area contributed by atoms with Gasteiger partial charge in [-0.25, -0.2) is 4.98 Å². The van der Waals surface area contributed by atoms with Gasteiger partial charge in [-0.05, 0) is 26.0 Å². The minimum Gasteiger partial charge on any atom is -0.497 e. The molecule has 0 aliphatic rings. The lowest BCUT2D eigenvalue weighted by Crippen LogP contribution is -2.14. The topological polar surface area (TPSA) is 81.4 Å². The van der Waals surface area contributed by atoms with Crippen molar-refractivity contribution in [1.29, 1.82) is 0 Å². The number of nitrogens with one attached hydrogen (secondary N) is 1. The van der Waals surface area contributed by atoms with Gasteiger partial charge in [-0.2, -0.15) is 0 Å². The third-order valence-corrected chi connectivity index (χ3v) is 4.27. The summed E-state index contributed by atoms with van der Waals surface area (Å²) in [5.74, 6) is 1.60. The average molecular weight is 343 g/mol. The Bertz CT molecular complexity index is 893. The minimum atomic E-state index is -0.122. The van der Waals surface area contributed by atoms with E-state index in [2.05, 4.69) is 20.5 Å². The molecule has 0 aliphatic heterocycles. The first-order chi connectivity index (χ1) is 11.6. The molecule has 1 amide bonds. The molecule has 0 saturated heterocycles. The van der Waals surface area contributed by atoms with Crippen LogP contribution < -0.4 is 10.1 Å². The van der Waals surface area contributed by atoms with Crippen LogP contribution in [0.2, 0.25) is 0 Å². The number of amides is 1. The van der Waals surface area contributed by atoms with Crippen LogP contribution in [0.25, 0.3) is 5.65 Å². The smallest absolute Gasteiger partial charge is 0.234 e. The highest BCUT2D eigenvalue weighted by molar-refractivity contribution is 7.99. The zero-order chi connectivity index (χ0) is 17.1. The zero-order valence-corrected chi connectivity index (χ0v) is 14.4. The minimum absolute atomic E-state index is 0.122. The highest BCUT2D eigenvalue weighted by Crippen LogP contribution is 2.20. The summed E-state index contributed by atoms with van der Waals surface area (Å²) in [4.78, 5) is 16.5. The van der Waals surface area contributed by atoms with E-state index < -0.39 is 0 Å². The van der Waals surface area contributed by atoms with Crippen LogP contribution in [0.1, 0.15) is 11.5 Å². The Hall–Kier alpha value is -2.61. The maximum Gasteiger partial charge on any atom is 0.234 e. The predicted octanol–water partition coefficient (Wildman–Crippen LogP) is 2.48. The molecule has 0 unspecified atom stereocenters. The Kier molecular flexibility index (Phi) is 4.66. The number of carbonyl (C=O) groups excluding carboxylic acids is 1. The lowest BCUT2D eigenvalue weighted by Gasteiger charge is -2.07. The fraction of sp³-hybridized carbons (Fsp3) is 0.250. The van der Waals surface area contributed by atoms with Crippen molar-refractivity contribution in [3.63, 3.8) is 0 Å². The van der Waals surface area contributed by atoms with Gasteiger partial charge in [-0.15, -0.1) is 10.2 Å². The molecule has 3 aromatic rings. The first-order valence-corrected chi connectivity index (χ1v) is 8.31. The highest BCUT2D eigenvalue weighted by atomic mass is 32.2. The Labute approximate surface area is 143 Å². The number of hydrogen-bond donors (Lipinski definition) is 1. The second kappa shape index (κ2) is 6.88. The molecule has 0 saturated carbocycles. The molecular formula is C16H17N5O2S. The lowest BCUT2D eigenvalue weighted by molar-refractivity contribution is -0.113. The SMILES string of the molecule is COc1cccc(NC(=O)CSc2nnc3cc(C)nc(C)n23)c1. The average Bonchev–Trinajstić information content (AvgIpc) is 2.96. The van der Waals surface area contributed by atoms with Gasteiger partial charge in [0.2, 0.25) is 5.91 Å². The van der Waals surface area contributed by atoms with E-state index in [4.69, 9.17) is 4.74 Å². The Morgan fingerprint density at radius 2 is 2.12 bits per heavy atom.